The predicted molar refractivity (Wildman–Crippen MR) is 78.1 cm³/mol. The number of esters is 2. The molecule has 0 saturated heterocycles. The van der Waals surface area contributed by atoms with Crippen molar-refractivity contribution in [3.63, 3.8) is 0 Å². The summed E-state index contributed by atoms with van der Waals surface area (Å²) in [5, 5.41) is 9.59. The molecule has 0 aliphatic heterocycles. The summed E-state index contributed by atoms with van der Waals surface area (Å²) in [4.78, 5) is 23.5. The third-order valence-corrected chi connectivity index (χ3v) is 2.62. The minimum Gasteiger partial charge on any atom is -0.507 e. The van der Waals surface area contributed by atoms with Crippen LogP contribution in [-0.4, -0.2) is 24.2 Å². The average molecular weight is 309 g/mol. The molecule has 0 aromatic heterocycles. The molecule has 0 aliphatic carbocycles. The van der Waals surface area contributed by atoms with Crippen molar-refractivity contribution in [2.45, 2.75) is 0 Å². The summed E-state index contributed by atoms with van der Waals surface area (Å²) in [6.07, 6.45) is 0. The smallest absolute Gasteiger partial charge is 0.347 e. The number of para-hydroxylation sites is 2. The van der Waals surface area contributed by atoms with Crippen molar-refractivity contribution < 1.29 is 24.2 Å². The van der Waals surface area contributed by atoms with E-state index in [-0.39, 0.29) is 35.0 Å². The van der Waals surface area contributed by atoms with Gasteiger partial charge in [0, 0.05) is 0 Å². The number of rotatable bonds is 3. The van der Waals surface area contributed by atoms with Crippen molar-refractivity contribution in [3.8, 4) is 11.5 Å². The second-order valence-electron chi connectivity index (χ2n) is 3.89. The molecule has 1 N–H and O–H groups in total. The van der Waals surface area contributed by atoms with Gasteiger partial charge in [0.2, 0.25) is 0 Å². The van der Waals surface area contributed by atoms with E-state index in [1.165, 1.54) is 31.4 Å². The van der Waals surface area contributed by atoms with E-state index in [2.05, 4.69) is 4.74 Å². The number of phenols is 1. The lowest BCUT2D eigenvalue weighted by molar-refractivity contribution is 0.0593. The number of halogens is 1. The largest absolute Gasteiger partial charge is 0.507 e. The molecule has 2 aromatic carbocycles. The predicted octanol–water partition coefficient (Wildman–Crippen LogP) is 2.82. The van der Waals surface area contributed by atoms with Gasteiger partial charge >= 0.3 is 11.9 Å². The van der Waals surface area contributed by atoms with E-state index in [4.69, 9.17) is 4.74 Å². The SMILES string of the molecule is COC(=O)c1ccccc1OC(=O)c1ccccc1O.Cl. The number of carbonyl (C=O) groups is 2. The van der Waals surface area contributed by atoms with Gasteiger partial charge in [0.25, 0.3) is 0 Å². The van der Waals surface area contributed by atoms with Crippen molar-refractivity contribution in [1.29, 1.82) is 0 Å². The maximum absolute atomic E-state index is 12.0. The van der Waals surface area contributed by atoms with Gasteiger partial charge in [0.15, 0.2) is 0 Å². The Labute approximate surface area is 127 Å². The lowest BCUT2D eigenvalue weighted by atomic mass is 10.2. The van der Waals surface area contributed by atoms with Crippen LogP contribution in [0.2, 0.25) is 0 Å². The molecule has 2 aromatic rings. The van der Waals surface area contributed by atoms with Crippen LogP contribution in [-0.2, 0) is 4.74 Å². The summed E-state index contributed by atoms with van der Waals surface area (Å²) in [6.45, 7) is 0. The summed E-state index contributed by atoms with van der Waals surface area (Å²) in [6, 6.07) is 12.2. The van der Waals surface area contributed by atoms with E-state index >= 15 is 0 Å². The van der Waals surface area contributed by atoms with E-state index in [0.29, 0.717) is 0 Å². The van der Waals surface area contributed by atoms with E-state index < -0.39 is 11.9 Å². The average Bonchev–Trinajstić information content (AvgIpc) is 2.47. The highest BCUT2D eigenvalue weighted by Crippen LogP contribution is 2.22. The quantitative estimate of drug-likeness (QED) is 0.697. The molecule has 110 valence electrons. The molecule has 0 amide bonds. The topological polar surface area (TPSA) is 72.8 Å². The van der Waals surface area contributed by atoms with Crippen molar-refractivity contribution in [2.75, 3.05) is 7.11 Å². The summed E-state index contributed by atoms with van der Waals surface area (Å²) >= 11 is 0. The third kappa shape index (κ3) is 3.73. The van der Waals surface area contributed by atoms with E-state index in [1.54, 1.807) is 24.3 Å². The summed E-state index contributed by atoms with van der Waals surface area (Å²) in [5.41, 5.74) is 0.158. The minimum atomic E-state index is -0.751. The van der Waals surface area contributed by atoms with Gasteiger partial charge in [-0.15, -0.1) is 12.4 Å². The first-order valence-electron chi connectivity index (χ1n) is 5.81. The van der Waals surface area contributed by atoms with Crippen LogP contribution < -0.4 is 4.74 Å². The first-order chi connectivity index (χ1) is 9.63. The zero-order chi connectivity index (χ0) is 14.5. The molecule has 5 nitrogen and oxygen atoms in total. The third-order valence-electron chi connectivity index (χ3n) is 2.62. The second-order valence-corrected chi connectivity index (χ2v) is 3.89. The zero-order valence-corrected chi connectivity index (χ0v) is 11.9. The van der Waals surface area contributed by atoms with Crippen molar-refractivity contribution in [1.82, 2.24) is 0 Å². The fourth-order valence-electron chi connectivity index (χ4n) is 1.64. The Morgan fingerprint density at radius 1 is 0.905 bits per heavy atom. The Morgan fingerprint density at radius 2 is 1.48 bits per heavy atom. The van der Waals surface area contributed by atoms with Crippen molar-refractivity contribution in [3.05, 3.63) is 59.7 Å². The highest BCUT2D eigenvalue weighted by molar-refractivity contribution is 5.97. The van der Waals surface area contributed by atoms with Gasteiger partial charge in [-0.25, -0.2) is 9.59 Å². The highest BCUT2D eigenvalue weighted by Gasteiger charge is 2.18. The lowest BCUT2D eigenvalue weighted by Gasteiger charge is -2.09. The molecule has 0 spiro atoms. The standard InChI is InChI=1S/C15H12O5.ClH/c1-19-14(17)11-7-3-5-9-13(11)20-15(18)10-6-2-4-8-12(10)16;/h2-9,16H,1H3;1H. The fourth-order valence-corrected chi connectivity index (χ4v) is 1.64. The number of benzene rings is 2. The van der Waals surface area contributed by atoms with E-state index in [1.807, 2.05) is 0 Å². The van der Waals surface area contributed by atoms with Crippen molar-refractivity contribution >= 4 is 24.3 Å². The van der Waals surface area contributed by atoms with Gasteiger partial charge in [0.05, 0.1) is 7.11 Å². The van der Waals surface area contributed by atoms with Crippen LogP contribution in [0.3, 0.4) is 0 Å². The van der Waals surface area contributed by atoms with Gasteiger partial charge in [-0.05, 0) is 24.3 Å². The molecule has 6 heteroatoms. The van der Waals surface area contributed by atoms with Crippen LogP contribution in [0.25, 0.3) is 0 Å². The van der Waals surface area contributed by atoms with Gasteiger partial charge < -0.3 is 14.6 Å². The summed E-state index contributed by atoms with van der Waals surface area (Å²) in [5.74, 6) is -1.47. The fraction of sp³-hybridized carbons (Fsp3) is 0.0667. The van der Waals surface area contributed by atoms with Gasteiger partial charge in [-0.1, -0.05) is 24.3 Å². The number of phenolic OH excluding ortho intramolecular Hbond substituents is 1. The molecule has 0 fully saturated rings. The van der Waals surface area contributed by atoms with E-state index in [9.17, 15) is 14.7 Å². The molecule has 21 heavy (non-hydrogen) atoms. The maximum Gasteiger partial charge on any atom is 0.347 e. The first kappa shape index (κ1) is 16.5. The second kappa shape index (κ2) is 7.31. The molecule has 0 saturated carbocycles. The van der Waals surface area contributed by atoms with Crippen LogP contribution in [0.5, 0.6) is 11.5 Å². The molecule has 0 unspecified atom stereocenters. The number of ether oxygens (including phenoxy) is 2. The molecular formula is C15H13ClO5. The molecular weight excluding hydrogens is 296 g/mol. The molecule has 0 aliphatic rings. The van der Waals surface area contributed by atoms with Crippen LogP contribution in [0.1, 0.15) is 20.7 Å². The van der Waals surface area contributed by atoms with E-state index in [0.717, 1.165) is 0 Å². The van der Waals surface area contributed by atoms with Crippen LogP contribution in [0.15, 0.2) is 48.5 Å². The number of hydrogen-bond donors (Lipinski definition) is 1. The van der Waals surface area contributed by atoms with Crippen LogP contribution in [0.4, 0.5) is 0 Å². The Kier molecular flexibility index (Phi) is 5.75. The van der Waals surface area contributed by atoms with Crippen LogP contribution >= 0.6 is 12.4 Å². The number of carbonyl (C=O) groups excluding carboxylic acids is 2. The Balaban J connectivity index is 0.00000220. The molecule has 0 heterocycles. The normalized spacial score (nSPS) is 9.38. The number of methoxy groups -OCH3 is 1. The van der Waals surface area contributed by atoms with Crippen molar-refractivity contribution in [2.24, 2.45) is 0 Å². The van der Waals surface area contributed by atoms with Gasteiger partial charge in [0.1, 0.15) is 22.6 Å². The lowest BCUT2D eigenvalue weighted by Crippen LogP contribution is -2.12. The van der Waals surface area contributed by atoms with Gasteiger partial charge in [-0.2, -0.15) is 0 Å². The summed E-state index contributed by atoms with van der Waals surface area (Å²) in [7, 11) is 1.24. The summed E-state index contributed by atoms with van der Waals surface area (Å²) < 4.78 is 9.74. The highest BCUT2D eigenvalue weighted by atomic mass is 35.5. The zero-order valence-electron chi connectivity index (χ0n) is 11.1. The van der Waals surface area contributed by atoms with Gasteiger partial charge in [-0.3, -0.25) is 0 Å². The molecule has 0 radical (unpaired) electrons. The maximum atomic E-state index is 12.0. The molecule has 0 bridgehead atoms. The Morgan fingerprint density at radius 3 is 2.10 bits per heavy atom. The number of aromatic hydroxyl groups is 1. The van der Waals surface area contributed by atoms with Crippen LogP contribution in [0, 0.1) is 0 Å². The Bertz CT molecular complexity index is 654. The molecule has 2 rings (SSSR count). The first-order valence-corrected chi connectivity index (χ1v) is 5.81. The number of hydrogen-bond acceptors (Lipinski definition) is 5. The molecule has 0 atom stereocenters. The Hall–Kier alpha value is -2.53. The minimum absolute atomic E-state index is 0. The monoisotopic (exact) mass is 308 g/mol.